The van der Waals surface area contributed by atoms with Crippen molar-refractivity contribution < 1.29 is 19.4 Å². The third-order valence-electron chi connectivity index (χ3n) is 13.6. The number of esters is 1. The van der Waals surface area contributed by atoms with Crippen LogP contribution in [0.4, 0.5) is 0 Å². The Hall–Kier alpha value is -0.610. The molecule has 0 radical (unpaired) electrons. The van der Waals surface area contributed by atoms with E-state index in [1.807, 2.05) is 0 Å². The van der Waals surface area contributed by atoms with Gasteiger partial charge in [-0.3, -0.25) is 4.79 Å². The van der Waals surface area contributed by atoms with Crippen molar-refractivity contribution in [2.75, 3.05) is 0 Å². The molecule has 5 aliphatic rings. The number of rotatable bonds is 2. The third kappa shape index (κ3) is 3.55. The second-order valence-corrected chi connectivity index (χ2v) is 15.8. The minimum Gasteiger partial charge on any atom is -0.462 e. The number of fused-ring (bicyclic) bond motifs is 5. The van der Waals surface area contributed by atoms with Crippen molar-refractivity contribution in [2.45, 2.75) is 150 Å². The molecule has 5 rings (SSSR count). The monoisotopic (exact) mass is 502 g/mol. The first kappa shape index (κ1) is 27.0. The Labute approximate surface area is 220 Å². The maximum absolute atomic E-state index is 11.9. The second kappa shape index (κ2) is 8.20. The van der Waals surface area contributed by atoms with Gasteiger partial charge in [0.15, 0.2) is 0 Å². The molecular weight excluding hydrogens is 448 g/mol. The Kier molecular flexibility index (Phi) is 6.14. The number of carbonyl (C=O) groups excluding carboxylic acids is 1. The van der Waals surface area contributed by atoms with Gasteiger partial charge in [-0.25, -0.2) is 0 Å². The summed E-state index contributed by atoms with van der Waals surface area (Å²) in [6.45, 7) is 20.8. The van der Waals surface area contributed by atoms with Gasteiger partial charge in [0.25, 0.3) is 0 Å². The predicted molar refractivity (Wildman–Crippen MR) is 143 cm³/mol. The summed E-state index contributed by atoms with van der Waals surface area (Å²) in [5.41, 5.74) is 0.380. The van der Waals surface area contributed by atoms with Crippen LogP contribution in [0.15, 0.2) is 0 Å². The highest BCUT2D eigenvalue weighted by Crippen LogP contribution is 2.76. The summed E-state index contributed by atoms with van der Waals surface area (Å²) in [7, 11) is 0. The van der Waals surface area contributed by atoms with Gasteiger partial charge < -0.3 is 14.6 Å². The van der Waals surface area contributed by atoms with Gasteiger partial charge in [0.2, 0.25) is 0 Å². The van der Waals surface area contributed by atoms with Crippen LogP contribution in [0.1, 0.15) is 127 Å². The Morgan fingerprint density at radius 2 is 1.42 bits per heavy atom. The lowest BCUT2D eigenvalue weighted by atomic mass is 9.35. The Bertz CT molecular complexity index is 895. The van der Waals surface area contributed by atoms with E-state index in [0.29, 0.717) is 34.0 Å². The van der Waals surface area contributed by atoms with Crippen LogP contribution in [0.2, 0.25) is 0 Å². The highest BCUT2D eigenvalue weighted by atomic mass is 16.5. The zero-order valence-corrected chi connectivity index (χ0v) is 24.7. The van der Waals surface area contributed by atoms with Gasteiger partial charge in [-0.05, 0) is 125 Å². The summed E-state index contributed by atoms with van der Waals surface area (Å²) in [5, 5.41) is 10.6. The number of aliphatic hydroxyl groups is 1. The van der Waals surface area contributed by atoms with Crippen molar-refractivity contribution in [3.63, 3.8) is 0 Å². The Morgan fingerprint density at radius 3 is 2.06 bits per heavy atom. The summed E-state index contributed by atoms with van der Waals surface area (Å²) in [5.74, 6) is 2.46. The summed E-state index contributed by atoms with van der Waals surface area (Å²) < 4.78 is 12.7. The van der Waals surface area contributed by atoms with Gasteiger partial charge >= 0.3 is 5.97 Å². The fourth-order valence-electron chi connectivity index (χ4n) is 11.6. The second-order valence-electron chi connectivity index (χ2n) is 15.8. The first-order valence-corrected chi connectivity index (χ1v) is 15.1. The predicted octanol–water partition coefficient (Wildman–Crippen LogP) is 7.31. The van der Waals surface area contributed by atoms with Crippen LogP contribution in [0.3, 0.4) is 0 Å². The van der Waals surface area contributed by atoms with E-state index in [9.17, 15) is 9.90 Å². The molecule has 4 unspecified atom stereocenters. The molecule has 1 saturated heterocycles. The Balaban J connectivity index is 1.43. The normalized spacial score (nSPS) is 53.6. The number of hydrogen-bond donors (Lipinski definition) is 1. The quantitative estimate of drug-likeness (QED) is 0.402. The fraction of sp³-hybridized carbons (Fsp3) is 0.969. The van der Waals surface area contributed by atoms with Gasteiger partial charge in [0, 0.05) is 12.3 Å². The van der Waals surface area contributed by atoms with E-state index in [1.165, 1.54) is 44.9 Å². The fourth-order valence-corrected chi connectivity index (χ4v) is 11.6. The zero-order chi connectivity index (χ0) is 26.5. The molecule has 0 bridgehead atoms. The molecule has 0 amide bonds. The molecule has 4 heteroatoms. The van der Waals surface area contributed by atoms with Gasteiger partial charge in [-0.2, -0.15) is 0 Å². The van der Waals surface area contributed by atoms with Crippen LogP contribution < -0.4 is 0 Å². The van der Waals surface area contributed by atoms with E-state index in [2.05, 4.69) is 55.4 Å². The molecule has 36 heavy (non-hydrogen) atoms. The average molecular weight is 503 g/mol. The standard InChI is InChI=1S/C32H54O4/c1-20(33)35-26-15-16-29(6)23(27(26,2)3)13-18-31(8)24(29)11-10-21-22(12-17-30(21,31)7)32(9)19-14-25(34)28(4,5)36-32/h21-26,34H,10-19H2,1-9H3/t21-,22?,23?,24?,25+,26+,29+,30?,31-,32+/m1/s1. The Morgan fingerprint density at radius 1 is 0.750 bits per heavy atom. The van der Waals surface area contributed by atoms with Crippen LogP contribution in [0.5, 0.6) is 0 Å². The molecule has 0 aromatic carbocycles. The number of carbonyl (C=O) groups is 1. The maximum Gasteiger partial charge on any atom is 0.302 e. The zero-order valence-electron chi connectivity index (χ0n) is 24.7. The molecule has 1 aliphatic heterocycles. The van der Waals surface area contributed by atoms with E-state index < -0.39 is 5.60 Å². The number of aliphatic hydroxyl groups excluding tert-OH is 1. The molecule has 1 N–H and O–H groups in total. The van der Waals surface area contributed by atoms with Crippen LogP contribution in [-0.2, 0) is 14.3 Å². The van der Waals surface area contributed by atoms with Gasteiger partial charge in [-0.1, -0.05) is 34.6 Å². The van der Waals surface area contributed by atoms with Crippen LogP contribution in [0, 0.1) is 45.3 Å². The smallest absolute Gasteiger partial charge is 0.302 e. The summed E-state index contributed by atoms with van der Waals surface area (Å²) >= 11 is 0. The molecule has 4 nitrogen and oxygen atoms in total. The molecule has 0 aromatic rings. The van der Waals surface area contributed by atoms with Gasteiger partial charge in [-0.15, -0.1) is 0 Å². The molecule has 0 aromatic heterocycles. The summed E-state index contributed by atoms with van der Waals surface area (Å²) in [6.07, 6.45) is 11.4. The minimum atomic E-state index is -0.467. The number of ether oxygens (including phenoxy) is 2. The highest BCUT2D eigenvalue weighted by molar-refractivity contribution is 5.66. The van der Waals surface area contributed by atoms with Crippen molar-refractivity contribution in [3.8, 4) is 0 Å². The highest BCUT2D eigenvalue weighted by Gasteiger charge is 2.70. The van der Waals surface area contributed by atoms with Crippen molar-refractivity contribution >= 4 is 5.97 Å². The lowest BCUT2D eigenvalue weighted by Crippen LogP contribution is -2.64. The molecule has 4 aliphatic carbocycles. The molecule has 4 saturated carbocycles. The largest absolute Gasteiger partial charge is 0.462 e. The first-order chi connectivity index (χ1) is 16.5. The molecule has 10 atom stereocenters. The van der Waals surface area contributed by atoms with Gasteiger partial charge in [0.05, 0.1) is 17.3 Å². The number of hydrogen-bond acceptors (Lipinski definition) is 4. The van der Waals surface area contributed by atoms with E-state index in [-0.39, 0.29) is 29.2 Å². The van der Waals surface area contributed by atoms with Crippen molar-refractivity contribution in [1.29, 1.82) is 0 Å². The minimum absolute atomic E-state index is 0.0196. The van der Waals surface area contributed by atoms with E-state index in [4.69, 9.17) is 9.47 Å². The maximum atomic E-state index is 11.9. The topological polar surface area (TPSA) is 55.8 Å². The average Bonchev–Trinajstić information content (AvgIpc) is 3.12. The van der Waals surface area contributed by atoms with Gasteiger partial charge in [0.1, 0.15) is 6.10 Å². The summed E-state index contributed by atoms with van der Waals surface area (Å²) in [4.78, 5) is 11.9. The molecule has 0 spiro atoms. The SMILES string of the molecule is CC(=O)O[C@H]1CC[C@@]2(C)C(CC[C@]3(C)C2CC[C@@H]2C([C@]4(C)CC[C@H](O)C(C)(C)O4)CCC23C)C1(C)C. The molecule has 206 valence electrons. The third-order valence-corrected chi connectivity index (χ3v) is 13.6. The van der Waals surface area contributed by atoms with E-state index in [0.717, 1.165) is 25.2 Å². The molecular formula is C32H54O4. The van der Waals surface area contributed by atoms with Crippen molar-refractivity contribution in [3.05, 3.63) is 0 Å². The van der Waals surface area contributed by atoms with E-state index in [1.54, 1.807) is 6.92 Å². The van der Waals surface area contributed by atoms with Crippen molar-refractivity contribution in [1.82, 2.24) is 0 Å². The van der Waals surface area contributed by atoms with Crippen LogP contribution >= 0.6 is 0 Å². The lowest BCUT2D eigenvalue weighted by molar-refractivity contribution is -0.254. The summed E-state index contributed by atoms with van der Waals surface area (Å²) in [6, 6.07) is 0. The molecule has 1 heterocycles. The van der Waals surface area contributed by atoms with Crippen LogP contribution in [0.25, 0.3) is 0 Å². The lowest BCUT2D eigenvalue weighted by Gasteiger charge is -2.70. The van der Waals surface area contributed by atoms with Crippen molar-refractivity contribution in [2.24, 2.45) is 45.3 Å². The first-order valence-electron chi connectivity index (χ1n) is 15.1. The van der Waals surface area contributed by atoms with E-state index >= 15 is 0 Å². The molecule has 5 fully saturated rings. The van der Waals surface area contributed by atoms with Crippen LogP contribution in [-0.4, -0.2) is 34.5 Å².